The number of thioether (sulfide) groups is 1. The van der Waals surface area contributed by atoms with Gasteiger partial charge in [-0.25, -0.2) is 0 Å². The van der Waals surface area contributed by atoms with E-state index in [-0.39, 0.29) is 30.4 Å². The maximum atomic E-state index is 12.3. The minimum absolute atomic E-state index is 0.00586. The van der Waals surface area contributed by atoms with E-state index in [1.807, 2.05) is 24.3 Å². The zero-order valence-corrected chi connectivity index (χ0v) is 13.5. The first-order chi connectivity index (χ1) is 10.6. The summed E-state index contributed by atoms with van der Waals surface area (Å²) in [5.74, 6) is 0.301. The first kappa shape index (κ1) is 15.4. The molecule has 118 valence electrons. The fraction of sp³-hybridized carbons (Fsp3) is 0.500. The summed E-state index contributed by atoms with van der Waals surface area (Å²) in [6.07, 6.45) is 2.05. The normalized spacial score (nSPS) is 24.8. The van der Waals surface area contributed by atoms with Gasteiger partial charge in [0, 0.05) is 17.0 Å². The molecule has 5 nitrogen and oxygen atoms in total. The lowest BCUT2D eigenvalue weighted by Crippen LogP contribution is -2.54. The Morgan fingerprint density at radius 1 is 1.45 bits per heavy atom. The van der Waals surface area contributed by atoms with Gasteiger partial charge in [-0.1, -0.05) is 12.1 Å². The van der Waals surface area contributed by atoms with Gasteiger partial charge >= 0.3 is 0 Å². The second-order valence-corrected chi connectivity index (χ2v) is 6.81. The number of benzene rings is 1. The molecule has 2 heterocycles. The fourth-order valence-corrected chi connectivity index (χ4v) is 3.90. The lowest BCUT2D eigenvalue weighted by Gasteiger charge is -2.32. The maximum Gasteiger partial charge on any atom is 0.240 e. The second kappa shape index (κ2) is 6.71. The molecule has 3 rings (SSSR count). The largest absolute Gasteiger partial charge is 0.350 e. The number of hydrogen-bond acceptors (Lipinski definition) is 4. The molecule has 1 aromatic rings. The van der Waals surface area contributed by atoms with Crippen molar-refractivity contribution in [2.75, 3.05) is 23.7 Å². The van der Waals surface area contributed by atoms with Gasteiger partial charge in [0.1, 0.15) is 6.54 Å². The maximum absolute atomic E-state index is 12.3. The molecule has 0 radical (unpaired) electrons. The predicted octanol–water partition coefficient (Wildman–Crippen LogP) is 1.38. The summed E-state index contributed by atoms with van der Waals surface area (Å²) in [5.41, 5.74) is 0.841. The van der Waals surface area contributed by atoms with Crippen molar-refractivity contribution >= 4 is 29.3 Å². The molecular weight excluding hydrogens is 298 g/mol. The summed E-state index contributed by atoms with van der Waals surface area (Å²) in [5, 5.41) is 6.43. The van der Waals surface area contributed by atoms with Crippen molar-refractivity contribution in [2.45, 2.75) is 36.7 Å². The van der Waals surface area contributed by atoms with E-state index in [4.69, 9.17) is 0 Å². The van der Waals surface area contributed by atoms with Crippen LogP contribution in [-0.4, -0.2) is 42.7 Å². The van der Waals surface area contributed by atoms with Crippen LogP contribution in [-0.2, 0) is 9.59 Å². The number of para-hydroxylation sites is 1. The van der Waals surface area contributed by atoms with Crippen LogP contribution in [0.5, 0.6) is 0 Å². The van der Waals surface area contributed by atoms with Crippen molar-refractivity contribution in [3.05, 3.63) is 24.3 Å². The molecule has 0 bridgehead atoms. The van der Waals surface area contributed by atoms with Crippen LogP contribution in [0.3, 0.4) is 0 Å². The van der Waals surface area contributed by atoms with E-state index in [9.17, 15) is 9.59 Å². The third-order valence-corrected chi connectivity index (χ3v) is 5.27. The summed E-state index contributed by atoms with van der Waals surface area (Å²) < 4.78 is 0. The predicted molar refractivity (Wildman–Crippen MR) is 88.1 cm³/mol. The quantitative estimate of drug-likeness (QED) is 0.884. The van der Waals surface area contributed by atoms with Gasteiger partial charge in [0.05, 0.1) is 11.4 Å². The molecule has 2 aliphatic heterocycles. The Hall–Kier alpha value is -1.53. The Bertz CT molecular complexity index is 578. The number of fused-ring (bicyclic) bond motifs is 1. The van der Waals surface area contributed by atoms with Crippen molar-refractivity contribution < 1.29 is 9.59 Å². The molecule has 0 aromatic heterocycles. The highest BCUT2D eigenvalue weighted by Gasteiger charge is 2.28. The average molecular weight is 319 g/mol. The van der Waals surface area contributed by atoms with Crippen molar-refractivity contribution in [1.29, 1.82) is 0 Å². The molecular formula is C16H21N3O2S. The highest BCUT2D eigenvalue weighted by molar-refractivity contribution is 8.00. The molecule has 2 unspecified atom stereocenters. The van der Waals surface area contributed by atoms with Gasteiger partial charge in [0.25, 0.3) is 0 Å². The fourth-order valence-electron chi connectivity index (χ4n) is 2.96. The van der Waals surface area contributed by atoms with E-state index in [1.165, 1.54) is 11.8 Å². The molecule has 1 fully saturated rings. The molecule has 0 saturated carbocycles. The zero-order valence-electron chi connectivity index (χ0n) is 12.7. The van der Waals surface area contributed by atoms with E-state index in [2.05, 4.69) is 17.6 Å². The van der Waals surface area contributed by atoms with Gasteiger partial charge in [0.15, 0.2) is 0 Å². The van der Waals surface area contributed by atoms with Crippen molar-refractivity contribution in [3.63, 3.8) is 0 Å². The molecule has 2 atom stereocenters. The Labute approximate surface area is 134 Å². The molecule has 0 spiro atoms. The Kier molecular flexibility index (Phi) is 4.69. The zero-order chi connectivity index (χ0) is 15.5. The van der Waals surface area contributed by atoms with Crippen LogP contribution in [0.2, 0.25) is 0 Å². The highest BCUT2D eigenvalue weighted by atomic mass is 32.2. The average Bonchev–Trinajstić information content (AvgIpc) is 2.52. The van der Waals surface area contributed by atoms with Crippen molar-refractivity contribution in [2.24, 2.45) is 0 Å². The number of carbonyl (C=O) groups is 2. The van der Waals surface area contributed by atoms with Crippen LogP contribution in [0.4, 0.5) is 5.69 Å². The minimum atomic E-state index is -0.0874. The van der Waals surface area contributed by atoms with Crippen LogP contribution >= 0.6 is 11.8 Å². The first-order valence-electron chi connectivity index (χ1n) is 7.70. The number of amides is 2. The van der Waals surface area contributed by atoms with Crippen molar-refractivity contribution in [3.8, 4) is 0 Å². The molecule has 1 aromatic carbocycles. The Morgan fingerprint density at radius 2 is 2.27 bits per heavy atom. The molecule has 2 amide bonds. The van der Waals surface area contributed by atoms with Gasteiger partial charge in [-0.05, 0) is 38.4 Å². The molecule has 22 heavy (non-hydrogen) atoms. The van der Waals surface area contributed by atoms with E-state index in [1.54, 1.807) is 4.90 Å². The Morgan fingerprint density at radius 3 is 3.09 bits per heavy atom. The van der Waals surface area contributed by atoms with E-state index in [0.29, 0.717) is 5.75 Å². The number of hydrogen-bond donors (Lipinski definition) is 2. The summed E-state index contributed by atoms with van der Waals surface area (Å²) in [6, 6.07) is 8.16. The van der Waals surface area contributed by atoms with Crippen LogP contribution in [0.15, 0.2) is 29.2 Å². The number of nitrogens with one attached hydrogen (secondary N) is 2. The first-order valence-corrected chi connectivity index (χ1v) is 8.68. The summed E-state index contributed by atoms with van der Waals surface area (Å²) >= 11 is 1.53. The van der Waals surface area contributed by atoms with Crippen molar-refractivity contribution in [1.82, 2.24) is 10.6 Å². The van der Waals surface area contributed by atoms with E-state index >= 15 is 0 Å². The number of carbonyl (C=O) groups excluding carboxylic acids is 2. The molecule has 2 N–H and O–H groups in total. The smallest absolute Gasteiger partial charge is 0.240 e. The SMILES string of the molecule is CC1NCCCC1NC(=O)CN1C(=O)CSc2ccccc21. The van der Waals surface area contributed by atoms with Gasteiger partial charge < -0.3 is 15.5 Å². The monoisotopic (exact) mass is 319 g/mol. The molecule has 1 saturated heterocycles. The van der Waals surface area contributed by atoms with E-state index in [0.717, 1.165) is 30.0 Å². The lowest BCUT2D eigenvalue weighted by molar-refractivity contribution is -0.123. The van der Waals surface area contributed by atoms with Gasteiger partial charge in [-0.2, -0.15) is 0 Å². The molecule has 2 aliphatic rings. The van der Waals surface area contributed by atoms with Crippen LogP contribution in [0, 0.1) is 0 Å². The number of anilines is 1. The van der Waals surface area contributed by atoms with Crippen LogP contribution in [0.25, 0.3) is 0 Å². The van der Waals surface area contributed by atoms with Crippen LogP contribution < -0.4 is 15.5 Å². The standard InChI is InChI=1S/C16H21N3O2S/c1-11-12(5-4-8-17-11)18-15(20)9-19-13-6-2-3-7-14(13)22-10-16(19)21/h2-3,6-7,11-12,17H,4-5,8-10H2,1H3,(H,18,20). The number of piperidine rings is 1. The van der Waals surface area contributed by atoms with Crippen LogP contribution in [0.1, 0.15) is 19.8 Å². The molecule has 0 aliphatic carbocycles. The highest BCUT2D eigenvalue weighted by Crippen LogP contribution is 2.34. The Balaban J connectivity index is 1.67. The van der Waals surface area contributed by atoms with Gasteiger partial charge in [-0.3, -0.25) is 9.59 Å². The van der Waals surface area contributed by atoms with Gasteiger partial charge in [0.2, 0.25) is 11.8 Å². The molecule has 6 heteroatoms. The third kappa shape index (κ3) is 3.28. The second-order valence-electron chi connectivity index (χ2n) is 5.80. The minimum Gasteiger partial charge on any atom is -0.350 e. The topological polar surface area (TPSA) is 61.4 Å². The summed E-state index contributed by atoms with van der Waals surface area (Å²) in [4.78, 5) is 27.2. The van der Waals surface area contributed by atoms with Gasteiger partial charge in [-0.15, -0.1) is 11.8 Å². The lowest BCUT2D eigenvalue weighted by atomic mass is 10.00. The summed E-state index contributed by atoms with van der Waals surface area (Å²) in [7, 11) is 0. The number of rotatable bonds is 3. The number of nitrogens with zero attached hydrogens (tertiary/aromatic N) is 1. The third-order valence-electron chi connectivity index (χ3n) is 4.22. The van der Waals surface area contributed by atoms with E-state index < -0.39 is 0 Å². The summed E-state index contributed by atoms with van der Waals surface area (Å²) in [6.45, 7) is 3.18.